The van der Waals surface area contributed by atoms with E-state index >= 15 is 0 Å². The summed E-state index contributed by atoms with van der Waals surface area (Å²) in [6.45, 7) is 1.13. The summed E-state index contributed by atoms with van der Waals surface area (Å²) in [5.41, 5.74) is 0. The first-order valence-corrected chi connectivity index (χ1v) is 8.24. The van der Waals surface area contributed by atoms with Gasteiger partial charge in [0.1, 0.15) is 0 Å². The van der Waals surface area contributed by atoms with Gasteiger partial charge >= 0.3 is 0 Å². The van der Waals surface area contributed by atoms with Crippen LogP contribution >= 0.6 is 27.7 Å². The SMILES string of the molecule is Brc1ccc(SCCNC2CCCCC2)cc1. The summed E-state index contributed by atoms with van der Waals surface area (Å²) < 4.78 is 1.15. The summed E-state index contributed by atoms with van der Waals surface area (Å²) in [4.78, 5) is 1.36. The molecule has 1 aromatic rings. The summed E-state index contributed by atoms with van der Waals surface area (Å²) in [6.07, 6.45) is 7.02. The van der Waals surface area contributed by atoms with Crippen LogP contribution in [0.25, 0.3) is 0 Å². The van der Waals surface area contributed by atoms with Gasteiger partial charge in [-0.05, 0) is 37.1 Å². The first-order chi connectivity index (χ1) is 8.34. The maximum absolute atomic E-state index is 3.67. The van der Waals surface area contributed by atoms with Crippen LogP contribution in [0.2, 0.25) is 0 Å². The van der Waals surface area contributed by atoms with Gasteiger partial charge in [0, 0.05) is 27.7 Å². The van der Waals surface area contributed by atoms with Crippen molar-refractivity contribution in [2.45, 2.75) is 43.0 Å². The Morgan fingerprint density at radius 1 is 1.12 bits per heavy atom. The van der Waals surface area contributed by atoms with Crippen molar-refractivity contribution in [1.29, 1.82) is 0 Å². The molecule has 0 spiro atoms. The highest BCUT2D eigenvalue weighted by Gasteiger charge is 2.11. The molecule has 1 aromatic carbocycles. The molecule has 0 atom stereocenters. The van der Waals surface area contributed by atoms with E-state index < -0.39 is 0 Å². The van der Waals surface area contributed by atoms with E-state index in [4.69, 9.17) is 0 Å². The quantitative estimate of drug-likeness (QED) is 0.636. The van der Waals surface area contributed by atoms with E-state index in [0.29, 0.717) is 0 Å². The molecule has 0 radical (unpaired) electrons. The van der Waals surface area contributed by atoms with Crippen LogP contribution in [-0.2, 0) is 0 Å². The van der Waals surface area contributed by atoms with Crippen LogP contribution in [0.15, 0.2) is 33.6 Å². The molecule has 1 aliphatic rings. The minimum absolute atomic E-state index is 0.786. The van der Waals surface area contributed by atoms with E-state index in [9.17, 15) is 0 Å². The van der Waals surface area contributed by atoms with Crippen molar-refractivity contribution in [1.82, 2.24) is 5.32 Å². The van der Waals surface area contributed by atoms with E-state index in [1.807, 2.05) is 11.8 Å². The van der Waals surface area contributed by atoms with Gasteiger partial charge in [-0.2, -0.15) is 0 Å². The molecule has 3 heteroatoms. The van der Waals surface area contributed by atoms with E-state index in [1.54, 1.807) is 0 Å². The number of thioether (sulfide) groups is 1. The first-order valence-electron chi connectivity index (χ1n) is 6.46. The van der Waals surface area contributed by atoms with Crippen LogP contribution in [0.5, 0.6) is 0 Å². The van der Waals surface area contributed by atoms with E-state index in [-0.39, 0.29) is 0 Å². The Bertz CT molecular complexity index is 319. The number of halogens is 1. The fraction of sp³-hybridized carbons (Fsp3) is 0.571. The number of hydrogen-bond donors (Lipinski definition) is 1. The highest BCUT2D eigenvalue weighted by Crippen LogP contribution is 2.21. The second-order valence-corrected chi connectivity index (χ2v) is 6.68. The predicted octanol–water partition coefficient (Wildman–Crippen LogP) is 4.46. The summed E-state index contributed by atoms with van der Waals surface area (Å²) in [5.74, 6) is 1.16. The predicted molar refractivity (Wildman–Crippen MR) is 79.7 cm³/mol. The molecule has 1 saturated carbocycles. The number of hydrogen-bond acceptors (Lipinski definition) is 2. The average Bonchev–Trinajstić information content (AvgIpc) is 2.38. The summed E-state index contributed by atoms with van der Waals surface area (Å²) in [7, 11) is 0. The zero-order valence-electron chi connectivity index (χ0n) is 10.1. The monoisotopic (exact) mass is 313 g/mol. The largest absolute Gasteiger partial charge is 0.313 e. The first kappa shape index (κ1) is 13.4. The molecule has 0 saturated heterocycles. The second kappa shape index (κ2) is 7.45. The molecule has 0 bridgehead atoms. The van der Waals surface area contributed by atoms with Gasteiger partial charge < -0.3 is 5.32 Å². The third-order valence-electron chi connectivity index (χ3n) is 3.22. The maximum Gasteiger partial charge on any atom is 0.0176 e. The highest BCUT2D eigenvalue weighted by atomic mass is 79.9. The average molecular weight is 314 g/mol. The molecule has 0 amide bonds. The zero-order chi connectivity index (χ0) is 11.9. The van der Waals surface area contributed by atoms with E-state index in [0.717, 1.165) is 22.8 Å². The van der Waals surface area contributed by atoms with Gasteiger partial charge in [-0.25, -0.2) is 0 Å². The lowest BCUT2D eigenvalue weighted by molar-refractivity contribution is 0.381. The Labute approximate surface area is 117 Å². The molecule has 1 nitrogen and oxygen atoms in total. The molecule has 94 valence electrons. The van der Waals surface area contributed by atoms with E-state index in [1.165, 1.54) is 37.0 Å². The van der Waals surface area contributed by atoms with Crippen molar-refractivity contribution in [2.24, 2.45) is 0 Å². The van der Waals surface area contributed by atoms with Gasteiger partial charge in [-0.15, -0.1) is 11.8 Å². The van der Waals surface area contributed by atoms with Gasteiger partial charge in [-0.1, -0.05) is 35.2 Å². The van der Waals surface area contributed by atoms with Crippen LogP contribution in [0.1, 0.15) is 32.1 Å². The lowest BCUT2D eigenvalue weighted by Gasteiger charge is -2.22. The zero-order valence-corrected chi connectivity index (χ0v) is 12.5. The van der Waals surface area contributed by atoms with Gasteiger partial charge in [0.15, 0.2) is 0 Å². The summed E-state index contributed by atoms with van der Waals surface area (Å²) in [5, 5.41) is 3.67. The van der Waals surface area contributed by atoms with Crippen molar-refractivity contribution in [3.05, 3.63) is 28.7 Å². The minimum atomic E-state index is 0.786. The van der Waals surface area contributed by atoms with Crippen LogP contribution in [0.4, 0.5) is 0 Å². The molecule has 1 fully saturated rings. The van der Waals surface area contributed by atoms with Crippen molar-refractivity contribution >= 4 is 27.7 Å². The molecule has 17 heavy (non-hydrogen) atoms. The Kier molecular flexibility index (Phi) is 5.89. The smallest absolute Gasteiger partial charge is 0.0176 e. The van der Waals surface area contributed by atoms with Crippen LogP contribution in [-0.4, -0.2) is 18.3 Å². The van der Waals surface area contributed by atoms with Crippen LogP contribution in [0, 0.1) is 0 Å². The summed E-state index contributed by atoms with van der Waals surface area (Å²) >= 11 is 5.39. The fourth-order valence-electron chi connectivity index (χ4n) is 2.27. The lowest BCUT2D eigenvalue weighted by atomic mass is 9.96. The molecule has 0 heterocycles. The van der Waals surface area contributed by atoms with Crippen molar-refractivity contribution in [3.8, 4) is 0 Å². The van der Waals surface area contributed by atoms with Gasteiger partial charge in [0.05, 0.1) is 0 Å². The Hall–Kier alpha value is 0.01000. The maximum atomic E-state index is 3.67. The molecule has 0 aromatic heterocycles. The molecule has 0 aliphatic heterocycles. The Balaban J connectivity index is 1.60. The van der Waals surface area contributed by atoms with Crippen LogP contribution < -0.4 is 5.32 Å². The van der Waals surface area contributed by atoms with Gasteiger partial charge in [-0.3, -0.25) is 0 Å². The number of benzene rings is 1. The topological polar surface area (TPSA) is 12.0 Å². The molecular weight excluding hydrogens is 294 g/mol. The van der Waals surface area contributed by atoms with Crippen LogP contribution in [0.3, 0.4) is 0 Å². The molecule has 1 aliphatic carbocycles. The fourth-order valence-corrected chi connectivity index (χ4v) is 3.32. The standard InChI is InChI=1S/C14H20BrNS/c15-12-6-8-14(9-7-12)17-11-10-16-13-4-2-1-3-5-13/h6-9,13,16H,1-5,10-11H2. The highest BCUT2D eigenvalue weighted by molar-refractivity contribution is 9.10. The van der Waals surface area contributed by atoms with E-state index in [2.05, 4.69) is 45.5 Å². The van der Waals surface area contributed by atoms with Gasteiger partial charge in [0.25, 0.3) is 0 Å². The number of rotatable bonds is 5. The molecular formula is C14H20BrNS. The molecule has 0 unspecified atom stereocenters. The number of nitrogens with one attached hydrogen (secondary N) is 1. The normalized spacial score (nSPS) is 17.2. The second-order valence-electron chi connectivity index (χ2n) is 4.59. The van der Waals surface area contributed by atoms with Crippen molar-refractivity contribution in [2.75, 3.05) is 12.3 Å². The van der Waals surface area contributed by atoms with Gasteiger partial charge in [0.2, 0.25) is 0 Å². The summed E-state index contributed by atoms with van der Waals surface area (Å²) in [6, 6.07) is 9.35. The van der Waals surface area contributed by atoms with Crippen molar-refractivity contribution in [3.63, 3.8) is 0 Å². The molecule has 1 N–H and O–H groups in total. The third kappa shape index (κ3) is 5.02. The Morgan fingerprint density at radius 2 is 1.82 bits per heavy atom. The van der Waals surface area contributed by atoms with Crippen molar-refractivity contribution < 1.29 is 0 Å². The molecule has 2 rings (SSSR count). The lowest BCUT2D eigenvalue weighted by Crippen LogP contribution is -2.32. The minimum Gasteiger partial charge on any atom is -0.313 e. The third-order valence-corrected chi connectivity index (χ3v) is 4.77. The Morgan fingerprint density at radius 3 is 2.53 bits per heavy atom.